The van der Waals surface area contributed by atoms with Crippen LogP contribution in [0.25, 0.3) is 0 Å². The van der Waals surface area contributed by atoms with Gasteiger partial charge >= 0.3 is 6.03 Å². The maximum absolute atomic E-state index is 13.5. The predicted octanol–water partition coefficient (Wildman–Crippen LogP) is 3.62. The molecule has 2 aromatic heterocycles. The van der Waals surface area contributed by atoms with E-state index in [4.69, 9.17) is 21.1 Å². The Morgan fingerprint density at radius 1 is 1.16 bits per heavy atom. The van der Waals surface area contributed by atoms with Gasteiger partial charge in [-0.15, -0.1) is 0 Å². The summed E-state index contributed by atoms with van der Waals surface area (Å²) in [4.78, 5) is 35.2. The summed E-state index contributed by atoms with van der Waals surface area (Å²) in [6, 6.07) is 9.76. The highest BCUT2D eigenvalue weighted by Gasteiger charge is 2.31. The Morgan fingerprint density at radius 2 is 1.97 bits per heavy atom. The van der Waals surface area contributed by atoms with Crippen molar-refractivity contribution in [3.8, 4) is 11.5 Å². The first-order chi connectivity index (χ1) is 18.4. The molecule has 1 aliphatic heterocycles. The fourth-order valence-corrected chi connectivity index (χ4v) is 4.01. The maximum atomic E-state index is 13.5. The molecule has 38 heavy (non-hydrogen) atoms. The van der Waals surface area contributed by atoms with Crippen molar-refractivity contribution in [2.75, 3.05) is 18.6 Å². The van der Waals surface area contributed by atoms with Crippen LogP contribution in [0.1, 0.15) is 16.7 Å². The van der Waals surface area contributed by atoms with Gasteiger partial charge in [-0.05, 0) is 47.0 Å². The Morgan fingerprint density at radius 3 is 2.76 bits per heavy atom. The fourth-order valence-electron chi connectivity index (χ4n) is 3.91. The molecule has 2 amide bonds. The van der Waals surface area contributed by atoms with Crippen LogP contribution in [0.15, 0.2) is 67.3 Å². The van der Waals surface area contributed by atoms with E-state index >= 15 is 0 Å². The number of ether oxygens (including phenoxy) is 2. The summed E-state index contributed by atoms with van der Waals surface area (Å²) < 4.78 is 26.2. The largest absolute Gasteiger partial charge is 0.489 e. The molecule has 12 heteroatoms. The molecule has 194 valence electrons. The molecular formula is C26H22ClFN6O4. The van der Waals surface area contributed by atoms with Gasteiger partial charge in [0, 0.05) is 43.7 Å². The van der Waals surface area contributed by atoms with E-state index in [0.29, 0.717) is 23.6 Å². The van der Waals surface area contributed by atoms with Gasteiger partial charge in [0.05, 0.1) is 11.9 Å². The fraction of sp³-hybridized carbons (Fsp3) is 0.192. The van der Waals surface area contributed by atoms with Gasteiger partial charge in [0.15, 0.2) is 0 Å². The molecule has 5 rings (SSSR count). The Kier molecular flexibility index (Phi) is 7.18. The monoisotopic (exact) mass is 536 g/mol. The van der Waals surface area contributed by atoms with Crippen molar-refractivity contribution in [3.63, 3.8) is 0 Å². The van der Waals surface area contributed by atoms with E-state index in [9.17, 15) is 14.0 Å². The van der Waals surface area contributed by atoms with E-state index in [2.05, 4.69) is 20.4 Å². The van der Waals surface area contributed by atoms with Gasteiger partial charge in [-0.25, -0.2) is 19.2 Å². The Bertz CT molecular complexity index is 1480. The minimum Gasteiger partial charge on any atom is -0.489 e. The number of hydrogen-bond donors (Lipinski definition) is 1. The topological polar surface area (TPSA) is 111 Å². The molecule has 1 unspecified atom stereocenters. The van der Waals surface area contributed by atoms with Crippen molar-refractivity contribution < 1.29 is 23.5 Å². The van der Waals surface area contributed by atoms with Crippen LogP contribution in [-0.2, 0) is 17.8 Å². The van der Waals surface area contributed by atoms with Gasteiger partial charge in [0.2, 0.25) is 5.28 Å². The first-order valence-electron chi connectivity index (χ1n) is 11.6. The second kappa shape index (κ2) is 10.9. The number of nitrogens with zero attached hydrogens (tertiary/aromatic N) is 5. The van der Waals surface area contributed by atoms with Gasteiger partial charge in [-0.1, -0.05) is 12.1 Å². The summed E-state index contributed by atoms with van der Waals surface area (Å²) in [7, 11) is 1.59. The van der Waals surface area contributed by atoms with Crippen molar-refractivity contribution in [3.05, 3.63) is 95.0 Å². The van der Waals surface area contributed by atoms with Crippen molar-refractivity contribution in [1.29, 1.82) is 0 Å². The lowest BCUT2D eigenvalue weighted by molar-refractivity contribution is -0.120. The van der Waals surface area contributed by atoms with Crippen LogP contribution in [0.4, 0.5) is 14.9 Å². The molecule has 0 radical (unpaired) electrons. The summed E-state index contributed by atoms with van der Waals surface area (Å²) in [5.41, 5.74) is 2.69. The lowest BCUT2D eigenvalue weighted by atomic mass is 10.1. The highest BCUT2D eigenvalue weighted by molar-refractivity contribution is 6.28. The standard InChI is InChI=1S/C26H22ClFN6O4/c1-33-22-9-20(37-14-18-10-29-25(27)30-11-18)5-6-23(22)38-15-21(24(33)35)32-26(36)34-13-17(12-31-34)7-16-3-2-4-19(28)8-16/h2-6,8-13,21H,7,14-15H2,1H3,(H,32,36). The van der Waals surface area contributed by atoms with Gasteiger partial charge in [0.1, 0.15) is 36.6 Å². The molecule has 3 heterocycles. The van der Waals surface area contributed by atoms with Crippen molar-refractivity contribution in [1.82, 2.24) is 25.1 Å². The zero-order chi connectivity index (χ0) is 26.6. The number of carbonyl (C=O) groups is 2. The Balaban J connectivity index is 1.23. The number of hydrogen-bond acceptors (Lipinski definition) is 7. The number of benzene rings is 2. The number of fused-ring (bicyclic) bond motifs is 1. The summed E-state index contributed by atoms with van der Waals surface area (Å²) in [6.07, 6.45) is 6.60. The molecule has 2 aromatic carbocycles. The number of halogens is 2. The molecule has 1 aliphatic rings. The zero-order valence-electron chi connectivity index (χ0n) is 20.2. The lowest BCUT2D eigenvalue weighted by Crippen LogP contribution is -2.50. The van der Waals surface area contributed by atoms with E-state index in [1.165, 1.54) is 29.4 Å². The van der Waals surface area contributed by atoms with Crippen LogP contribution in [0.2, 0.25) is 5.28 Å². The normalized spacial score (nSPS) is 14.9. The molecule has 0 fully saturated rings. The zero-order valence-corrected chi connectivity index (χ0v) is 20.9. The van der Waals surface area contributed by atoms with Crippen LogP contribution in [-0.4, -0.2) is 51.4 Å². The van der Waals surface area contributed by atoms with Crippen LogP contribution in [0, 0.1) is 5.82 Å². The average Bonchev–Trinajstić information content (AvgIpc) is 3.34. The SMILES string of the molecule is CN1C(=O)C(NC(=O)n2cc(Cc3cccc(F)c3)cn2)COc2ccc(OCc3cnc(Cl)nc3)cc21. The van der Waals surface area contributed by atoms with Gasteiger partial charge in [-0.3, -0.25) is 4.79 Å². The molecule has 0 aliphatic carbocycles. The van der Waals surface area contributed by atoms with Gasteiger partial charge in [-0.2, -0.15) is 9.78 Å². The molecule has 10 nitrogen and oxygen atoms in total. The Labute approximate surface area is 222 Å². The Hall–Kier alpha value is -4.51. The van der Waals surface area contributed by atoms with Crippen LogP contribution < -0.4 is 19.7 Å². The quantitative estimate of drug-likeness (QED) is 0.375. The smallest absolute Gasteiger partial charge is 0.342 e. The third kappa shape index (κ3) is 5.73. The first-order valence-corrected chi connectivity index (χ1v) is 12.0. The average molecular weight is 537 g/mol. The summed E-state index contributed by atoms with van der Waals surface area (Å²) in [6.45, 7) is 0.139. The van der Waals surface area contributed by atoms with Crippen molar-refractivity contribution in [2.24, 2.45) is 0 Å². The number of amides is 2. The molecule has 0 spiro atoms. The summed E-state index contributed by atoms with van der Waals surface area (Å²) >= 11 is 5.71. The highest BCUT2D eigenvalue weighted by atomic mass is 35.5. The van der Waals surface area contributed by atoms with E-state index in [1.807, 2.05) is 0 Å². The van der Waals surface area contributed by atoms with Crippen LogP contribution >= 0.6 is 11.6 Å². The van der Waals surface area contributed by atoms with Crippen LogP contribution in [0.3, 0.4) is 0 Å². The third-order valence-corrected chi connectivity index (χ3v) is 6.04. The number of carbonyl (C=O) groups excluding carboxylic acids is 2. The number of rotatable bonds is 6. The van der Waals surface area contributed by atoms with E-state index in [1.54, 1.807) is 49.8 Å². The van der Waals surface area contributed by atoms with Gasteiger partial charge < -0.3 is 19.7 Å². The molecule has 0 bridgehead atoms. The van der Waals surface area contributed by atoms with E-state index in [0.717, 1.165) is 21.4 Å². The molecule has 1 N–H and O–H groups in total. The van der Waals surface area contributed by atoms with Crippen molar-refractivity contribution >= 4 is 29.2 Å². The van der Waals surface area contributed by atoms with Crippen LogP contribution in [0.5, 0.6) is 11.5 Å². The maximum Gasteiger partial charge on any atom is 0.342 e. The molecular weight excluding hydrogens is 515 g/mol. The minimum absolute atomic E-state index is 0.0678. The predicted molar refractivity (Wildman–Crippen MR) is 136 cm³/mol. The molecule has 0 saturated heterocycles. The van der Waals surface area contributed by atoms with Crippen molar-refractivity contribution in [2.45, 2.75) is 19.1 Å². The lowest BCUT2D eigenvalue weighted by Gasteiger charge is -2.20. The molecule has 4 aromatic rings. The highest BCUT2D eigenvalue weighted by Crippen LogP contribution is 2.34. The summed E-state index contributed by atoms with van der Waals surface area (Å²) in [5.74, 6) is 0.273. The molecule has 0 saturated carbocycles. The second-order valence-corrected chi connectivity index (χ2v) is 8.93. The number of likely N-dealkylation sites (N-methyl/N-ethyl adjacent to an activating group) is 1. The van der Waals surface area contributed by atoms with E-state index < -0.39 is 12.1 Å². The van der Waals surface area contributed by atoms with E-state index in [-0.39, 0.29) is 30.2 Å². The summed E-state index contributed by atoms with van der Waals surface area (Å²) in [5, 5.41) is 6.90. The van der Waals surface area contributed by atoms with Gasteiger partial charge in [0.25, 0.3) is 5.91 Å². The number of anilines is 1. The number of aromatic nitrogens is 4. The third-order valence-electron chi connectivity index (χ3n) is 5.84. The first kappa shape index (κ1) is 25.2. The molecule has 1 atom stereocenters. The number of nitrogens with one attached hydrogen (secondary N) is 1. The second-order valence-electron chi connectivity index (χ2n) is 8.59. The minimum atomic E-state index is -0.952.